The molecule has 114 valence electrons. The van der Waals surface area contributed by atoms with Crippen molar-refractivity contribution in [3.63, 3.8) is 0 Å². The van der Waals surface area contributed by atoms with Crippen LogP contribution in [0.15, 0.2) is 12.1 Å². The summed E-state index contributed by atoms with van der Waals surface area (Å²) < 4.78 is 58.0. The van der Waals surface area contributed by atoms with Crippen molar-refractivity contribution in [1.82, 2.24) is 0 Å². The number of carbonyl (C=O) groups is 1. The molecule has 1 rings (SSSR count). The molecule has 0 aromatic heterocycles. The summed E-state index contributed by atoms with van der Waals surface area (Å²) in [6.45, 7) is 1.01. The Balaban J connectivity index is 0.00000361. The molecule has 0 spiro atoms. The van der Waals surface area contributed by atoms with Crippen LogP contribution in [-0.4, -0.2) is 18.5 Å². The van der Waals surface area contributed by atoms with Gasteiger partial charge in [-0.2, -0.15) is 8.78 Å². The first-order valence-electron chi connectivity index (χ1n) is 5.17. The Morgan fingerprint density at radius 3 is 2.40 bits per heavy atom. The largest absolute Gasteiger partial charge is 0.462 e. The van der Waals surface area contributed by atoms with Crippen molar-refractivity contribution in [1.29, 1.82) is 0 Å². The summed E-state index contributed by atoms with van der Waals surface area (Å²) in [5, 5.41) is -0.892. The van der Waals surface area contributed by atoms with Crippen molar-refractivity contribution < 1.29 is 27.1 Å². The zero-order valence-corrected chi connectivity index (χ0v) is 11.7. The van der Waals surface area contributed by atoms with Crippen molar-refractivity contribution in [2.24, 2.45) is 5.73 Å². The second kappa shape index (κ2) is 7.10. The summed E-state index contributed by atoms with van der Waals surface area (Å²) in [5.41, 5.74) is 4.16. The molecule has 3 nitrogen and oxygen atoms in total. The minimum Gasteiger partial charge on any atom is -0.462 e. The van der Waals surface area contributed by atoms with E-state index in [1.165, 1.54) is 6.92 Å². The zero-order chi connectivity index (χ0) is 14.8. The lowest BCUT2D eigenvalue weighted by atomic mass is 10.0. The molecule has 0 amide bonds. The van der Waals surface area contributed by atoms with Crippen molar-refractivity contribution in [3.05, 3.63) is 34.4 Å². The monoisotopic (exact) mass is 335 g/mol. The van der Waals surface area contributed by atoms with Gasteiger partial charge in [-0.05, 0) is 19.1 Å². The van der Waals surface area contributed by atoms with Crippen LogP contribution < -0.4 is 5.73 Å². The number of carbonyl (C=O) groups excluding carboxylic acids is 1. The normalized spacial score (nSPS) is 12.6. The van der Waals surface area contributed by atoms with Crippen LogP contribution >= 0.6 is 24.0 Å². The van der Waals surface area contributed by atoms with Gasteiger partial charge in [0.15, 0.2) is 0 Å². The number of hydrogen-bond acceptors (Lipinski definition) is 3. The van der Waals surface area contributed by atoms with Crippen molar-refractivity contribution in [2.75, 3.05) is 6.61 Å². The third-order valence-electron chi connectivity index (χ3n) is 2.33. The first kappa shape index (κ1) is 18.9. The predicted octanol–water partition coefficient (Wildman–Crippen LogP) is 3.24. The van der Waals surface area contributed by atoms with Crippen molar-refractivity contribution in [2.45, 2.75) is 18.9 Å². The fraction of sp³-hybridized carbons (Fsp3) is 0.364. The fourth-order valence-corrected chi connectivity index (χ4v) is 1.63. The van der Waals surface area contributed by atoms with E-state index in [-0.39, 0.29) is 19.0 Å². The highest BCUT2D eigenvalue weighted by Gasteiger charge is 2.49. The minimum atomic E-state index is -4.23. The van der Waals surface area contributed by atoms with Gasteiger partial charge in [0.25, 0.3) is 0 Å². The van der Waals surface area contributed by atoms with Gasteiger partial charge in [0.1, 0.15) is 17.7 Å². The number of halogens is 6. The maximum Gasteiger partial charge on any atom is 0.379 e. The second-order valence-corrected chi connectivity index (χ2v) is 3.96. The van der Waals surface area contributed by atoms with Gasteiger partial charge >= 0.3 is 11.9 Å². The Morgan fingerprint density at radius 2 is 1.90 bits per heavy atom. The van der Waals surface area contributed by atoms with Gasteiger partial charge in [-0.25, -0.2) is 13.6 Å². The summed E-state index contributed by atoms with van der Waals surface area (Å²) in [6.07, 6.45) is 0. The third-order valence-corrected chi connectivity index (χ3v) is 2.71. The van der Waals surface area contributed by atoms with Crippen molar-refractivity contribution >= 4 is 30.0 Å². The number of nitrogens with two attached hydrogens (primary N) is 1. The van der Waals surface area contributed by atoms with E-state index >= 15 is 0 Å². The molecule has 1 aromatic carbocycles. The second-order valence-electron chi connectivity index (χ2n) is 3.58. The number of benzene rings is 1. The minimum absolute atomic E-state index is 0. The van der Waals surface area contributed by atoms with Crippen LogP contribution in [0.4, 0.5) is 17.6 Å². The summed E-state index contributed by atoms with van der Waals surface area (Å²) in [6, 6.07) is -1.19. The fourth-order valence-electron chi connectivity index (χ4n) is 1.36. The van der Waals surface area contributed by atoms with Crippen LogP contribution in [0.5, 0.6) is 0 Å². The molecule has 20 heavy (non-hydrogen) atoms. The van der Waals surface area contributed by atoms with Crippen LogP contribution in [0.2, 0.25) is 5.02 Å². The lowest BCUT2D eigenvalue weighted by molar-refractivity contribution is -0.174. The molecule has 0 unspecified atom stereocenters. The molecular formula is C11H11Cl2F4NO2. The van der Waals surface area contributed by atoms with Gasteiger partial charge in [0.2, 0.25) is 0 Å². The molecule has 0 aliphatic carbocycles. The third kappa shape index (κ3) is 3.53. The maximum absolute atomic E-state index is 13.6. The highest BCUT2D eigenvalue weighted by Crippen LogP contribution is 2.36. The van der Waals surface area contributed by atoms with E-state index < -0.39 is 40.2 Å². The van der Waals surface area contributed by atoms with Crippen LogP contribution in [0.3, 0.4) is 0 Å². The Morgan fingerprint density at radius 1 is 1.40 bits per heavy atom. The Kier molecular flexibility index (Phi) is 6.73. The maximum atomic E-state index is 13.6. The summed E-state index contributed by atoms with van der Waals surface area (Å²) in [7, 11) is 0. The van der Waals surface area contributed by atoms with E-state index in [4.69, 9.17) is 17.3 Å². The molecule has 0 saturated carbocycles. The molecular weight excluding hydrogens is 325 g/mol. The quantitative estimate of drug-likeness (QED) is 0.522. The van der Waals surface area contributed by atoms with Gasteiger partial charge in [0.05, 0.1) is 11.6 Å². The van der Waals surface area contributed by atoms with E-state index in [1.54, 1.807) is 0 Å². The van der Waals surface area contributed by atoms with E-state index in [2.05, 4.69) is 4.74 Å². The number of ether oxygens (including phenoxy) is 1. The van der Waals surface area contributed by atoms with Crippen LogP contribution in [0.1, 0.15) is 18.5 Å². The van der Waals surface area contributed by atoms with Gasteiger partial charge in [-0.3, -0.25) is 0 Å². The smallest absolute Gasteiger partial charge is 0.379 e. The molecule has 0 fully saturated rings. The number of rotatable bonds is 4. The average molecular weight is 336 g/mol. The van der Waals surface area contributed by atoms with Crippen LogP contribution in [0.25, 0.3) is 0 Å². The molecule has 2 N–H and O–H groups in total. The van der Waals surface area contributed by atoms with Gasteiger partial charge in [-0.1, -0.05) is 11.6 Å². The van der Waals surface area contributed by atoms with Crippen molar-refractivity contribution in [3.8, 4) is 0 Å². The first-order chi connectivity index (χ1) is 8.73. The number of alkyl halides is 2. The van der Waals surface area contributed by atoms with E-state index in [9.17, 15) is 22.4 Å². The molecule has 0 saturated heterocycles. The molecule has 0 aliphatic rings. The molecule has 1 atom stereocenters. The summed E-state index contributed by atoms with van der Waals surface area (Å²) in [4.78, 5) is 11.1. The molecule has 0 radical (unpaired) electrons. The Labute approximate surface area is 123 Å². The summed E-state index contributed by atoms with van der Waals surface area (Å²) >= 11 is 5.40. The SMILES string of the molecule is CCOC(=O)C(F)(F)[C@@H](N)c1c(F)ccc(F)c1Cl.Cl. The highest BCUT2D eigenvalue weighted by atomic mass is 35.5. The molecule has 9 heteroatoms. The van der Waals surface area contributed by atoms with E-state index in [1.807, 2.05) is 0 Å². The van der Waals surface area contributed by atoms with Gasteiger partial charge < -0.3 is 10.5 Å². The zero-order valence-electron chi connectivity index (χ0n) is 10.1. The van der Waals surface area contributed by atoms with Crippen LogP contribution in [0, 0.1) is 11.6 Å². The molecule has 0 bridgehead atoms. The number of esters is 1. The number of hydrogen-bond donors (Lipinski definition) is 1. The topological polar surface area (TPSA) is 52.3 Å². The Hall–Kier alpha value is -1.05. The molecule has 0 heterocycles. The van der Waals surface area contributed by atoms with E-state index in [0.29, 0.717) is 12.1 Å². The molecule has 0 aliphatic heterocycles. The average Bonchev–Trinajstić information content (AvgIpc) is 2.34. The summed E-state index contributed by atoms with van der Waals surface area (Å²) in [5.74, 6) is -8.51. The first-order valence-corrected chi connectivity index (χ1v) is 5.55. The Bertz CT molecular complexity index is 500. The highest BCUT2D eigenvalue weighted by molar-refractivity contribution is 6.31. The van der Waals surface area contributed by atoms with Crippen LogP contribution in [-0.2, 0) is 9.53 Å². The van der Waals surface area contributed by atoms with Gasteiger partial charge in [0, 0.05) is 5.56 Å². The van der Waals surface area contributed by atoms with E-state index in [0.717, 1.165) is 0 Å². The predicted molar refractivity (Wildman–Crippen MR) is 67.1 cm³/mol. The molecule has 1 aromatic rings. The van der Waals surface area contributed by atoms with Gasteiger partial charge in [-0.15, -0.1) is 12.4 Å². The standard InChI is InChI=1S/C11H10ClF4NO2.ClH/c1-2-19-10(18)11(15,16)9(17)7-5(13)3-4-6(14)8(7)12;/h3-4,9H,2,17H2,1H3;1H/t9-;/m0./s1. The lowest BCUT2D eigenvalue weighted by Gasteiger charge is -2.23. The lowest BCUT2D eigenvalue weighted by Crippen LogP contribution is -2.42.